The van der Waals surface area contributed by atoms with E-state index in [2.05, 4.69) is 20.6 Å². The van der Waals surface area contributed by atoms with E-state index < -0.39 is 24.7 Å². The molecular formula is C15H22F3N5O. The third-order valence-electron chi connectivity index (χ3n) is 3.96. The maximum Gasteiger partial charge on any atom is 0.405 e. The summed E-state index contributed by atoms with van der Waals surface area (Å²) >= 11 is 0. The monoisotopic (exact) mass is 345 g/mol. The van der Waals surface area contributed by atoms with Gasteiger partial charge in [0.25, 0.3) is 5.91 Å². The number of aromatic nitrogens is 2. The van der Waals surface area contributed by atoms with E-state index in [1.165, 1.54) is 17.4 Å². The highest BCUT2D eigenvalue weighted by molar-refractivity contribution is 5.95. The van der Waals surface area contributed by atoms with Crippen LogP contribution in [0.15, 0.2) is 12.5 Å². The molecule has 1 amide bonds. The molecule has 1 atom stereocenters. The molecule has 2 N–H and O–H groups in total. The van der Waals surface area contributed by atoms with Gasteiger partial charge in [0.1, 0.15) is 12.4 Å². The van der Waals surface area contributed by atoms with Gasteiger partial charge < -0.3 is 10.6 Å². The second-order valence-electron chi connectivity index (χ2n) is 6.03. The van der Waals surface area contributed by atoms with Crippen molar-refractivity contribution in [1.82, 2.24) is 25.5 Å². The number of carbonyl (C=O) groups is 1. The Bertz CT molecular complexity index is 558. The molecule has 1 saturated heterocycles. The van der Waals surface area contributed by atoms with Crippen LogP contribution in [-0.4, -0.2) is 65.7 Å². The smallest absolute Gasteiger partial charge is 0.350 e. The first-order valence-corrected chi connectivity index (χ1v) is 7.90. The Kier molecular flexibility index (Phi) is 6.11. The molecule has 9 heteroatoms. The number of hydrogen-bond donors (Lipinski definition) is 2. The molecule has 0 saturated carbocycles. The first-order chi connectivity index (χ1) is 11.3. The van der Waals surface area contributed by atoms with E-state index in [1.54, 1.807) is 0 Å². The number of nitrogens with zero attached hydrogens (tertiary/aromatic N) is 3. The Labute approximate surface area is 138 Å². The van der Waals surface area contributed by atoms with Crippen molar-refractivity contribution in [3.63, 3.8) is 0 Å². The predicted molar refractivity (Wildman–Crippen MR) is 82.7 cm³/mol. The van der Waals surface area contributed by atoms with Crippen LogP contribution in [0.2, 0.25) is 0 Å². The van der Waals surface area contributed by atoms with Crippen LogP contribution >= 0.6 is 0 Å². The summed E-state index contributed by atoms with van der Waals surface area (Å²) in [6, 6.07) is -1.70. The van der Waals surface area contributed by atoms with Gasteiger partial charge in [-0.05, 0) is 5.92 Å². The summed E-state index contributed by atoms with van der Waals surface area (Å²) in [7, 11) is 0. The highest BCUT2D eigenvalue weighted by atomic mass is 19.4. The maximum absolute atomic E-state index is 13.3. The van der Waals surface area contributed by atoms with E-state index in [-0.39, 0.29) is 11.5 Å². The first kappa shape index (κ1) is 18.6. The van der Waals surface area contributed by atoms with Crippen LogP contribution in [0.4, 0.5) is 13.2 Å². The quantitative estimate of drug-likeness (QED) is 0.838. The molecule has 1 aliphatic heterocycles. The molecule has 0 bridgehead atoms. The summed E-state index contributed by atoms with van der Waals surface area (Å²) in [6.45, 7) is 4.83. The molecule has 24 heavy (non-hydrogen) atoms. The van der Waals surface area contributed by atoms with Gasteiger partial charge in [0.2, 0.25) is 0 Å². The van der Waals surface area contributed by atoms with Gasteiger partial charge in [-0.1, -0.05) is 13.8 Å². The van der Waals surface area contributed by atoms with Crippen LogP contribution in [0.5, 0.6) is 0 Å². The lowest BCUT2D eigenvalue weighted by molar-refractivity contribution is -0.183. The van der Waals surface area contributed by atoms with Crippen LogP contribution in [0.25, 0.3) is 0 Å². The van der Waals surface area contributed by atoms with Crippen molar-refractivity contribution in [2.24, 2.45) is 0 Å². The molecule has 1 aromatic heterocycles. The van der Waals surface area contributed by atoms with Gasteiger partial charge >= 0.3 is 6.18 Å². The SMILES string of the molecule is CC(C)c1ncncc1C(=O)NCC(N1CCNCC1)C(F)(F)F. The van der Waals surface area contributed by atoms with E-state index >= 15 is 0 Å². The molecule has 0 radical (unpaired) electrons. The van der Waals surface area contributed by atoms with Crippen LogP contribution in [-0.2, 0) is 0 Å². The zero-order chi connectivity index (χ0) is 17.7. The second kappa shape index (κ2) is 7.89. The number of carbonyl (C=O) groups excluding carboxylic acids is 1. The fraction of sp³-hybridized carbons (Fsp3) is 0.667. The zero-order valence-corrected chi connectivity index (χ0v) is 13.7. The lowest BCUT2D eigenvalue weighted by Gasteiger charge is -2.35. The molecule has 134 valence electrons. The fourth-order valence-corrected chi connectivity index (χ4v) is 2.70. The number of nitrogens with one attached hydrogen (secondary N) is 2. The molecule has 6 nitrogen and oxygen atoms in total. The largest absolute Gasteiger partial charge is 0.405 e. The van der Waals surface area contributed by atoms with Gasteiger partial charge in [0.15, 0.2) is 0 Å². The van der Waals surface area contributed by atoms with Gasteiger partial charge in [-0.2, -0.15) is 13.2 Å². The number of hydrogen-bond acceptors (Lipinski definition) is 5. The highest BCUT2D eigenvalue weighted by Gasteiger charge is 2.43. The van der Waals surface area contributed by atoms with Crippen molar-refractivity contribution in [1.29, 1.82) is 0 Å². The Morgan fingerprint density at radius 3 is 2.62 bits per heavy atom. The van der Waals surface area contributed by atoms with Gasteiger partial charge in [-0.15, -0.1) is 0 Å². The zero-order valence-electron chi connectivity index (χ0n) is 13.7. The van der Waals surface area contributed by atoms with Crippen LogP contribution in [0.1, 0.15) is 35.8 Å². The number of piperazine rings is 1. The van der Waals surface area contributed by atoms with Crippen LogP contribution in [0, 0.1) is 0 Å². The highest BCUT2D eigenvalue weighted by Crippen LogP contribution is 2.25. The van der Waals surface area contributed by atoms with Crippen molar-refractivity contribution in [3.8, 4) is 0 Å². The minimum atomic E-state index is -4.40. The van der Waals surface area contributed by atoms with Crippen LogP contribution < -0.4 is 10.6 Å². The standard InChI is InChI=1S/C15H22F3N5O/c1-10(2)13-11(7-20-9-22-13)14(24)21-8-12(15(16,17)18)23-5-3-19-4-6-23/h7,9-10,12,19H,3-6,8H2,1-2H3,(H,21,24). The van der Waals surface area contributed by atoms with Gasteiger partial charge in [-0.3, -0.25) is 9.69 Å². The lowest BCUT2D eigenvalue weighted by Crippen LogP contribution is -2.57. The van der Waals surface area contributed by atoms with E-state index in [4.69, 9.17) is 0 Å². The normalized spacial score (nSPS) is 17.8. The average Bonchev–Trinajstić information content (AvgIpc) is 2.54. The lowest BCUT2D eigenvalue weighted by atomic mass is 10.0. The third-order valence-corrected chi connectivity index (χ3v) is 3.96. The predicted octanol–water partition coefficient (Wildman–Crippen LogP) is 1.17. The Morgan fingerprint density at radius 1 is 1.38 bits per heavy atom. The average molecular weight is 345 g/mol. The van der Waals surface area contributed by atoms with Crippen molar-refractivity contribution in [2.45, 2.75) is 32.0 Å². The molecule has 1 aliphatic rings. The Morgan fingerprint density at radius 2 is 2.04 bits per heavy atom. The summed E-state index contributed by atoms with van der Waals surface area (Å²) in [5.41, 5.74) is 0.738. The van der Waals surface area contributed by atoms with Crippen molar-refractivity contribution < 1.29 is 18.0 Å². The summed E-state index contributed by atoms with van der Waals surface area (Å²) in [6.07, 6.45) is -1.74. The van der Waals surface area contributed by atoms with Gasteiger partial charge in [0, 0.05) is 38.9 Å². The number of halogens is 3. The molecule has 2 rings (SSSR count). The fourth-order valence-electron chi connectivity index (χ4n) is 2.70. The Hall–Kier alpha value is -1.74. The summed E-state index contributed by atoms with van der Waals surface area (Å²) in [5.74, 6) is -0.607. The van der Waals surface area contributed by atoms with Crippen molar-refractivity contribution in [2.75, 3.05) is 32.7 Å². The minimum absolute atomic E-state index is 0.0275. The topological polar surface area (TPSA) is 70.2 Å². The molecule has 0 aliphatic carbocycles. The first-order valence-electron chi connectivity index (χ1n) is 7.90. The van der Waals surface area contributed by atoms with Gasteiger partial charge in [-0.25, -0.2) is 9.97 Å². The molecule has 1 fully saturated rings. The summed E-state index contributed by atoms with van der Waals surface area (Å²) in [5, 5.41) is 5.42. The van der Waals surface area contributed by atoms with Crippen LogP contribution in [0.3, 0.4) is 0 Å². The molecule has 2 heterocycles. The van der Waals surface area contributed by atoms with E-state index in [9.17, 15) is 18.0 Å². The van der Waals surface area contributed by atoms with E-state index in [0.29, 0.717) is 31.9 Å². The molecule has 1 aromatic rings. The van der Waals surface area contributed by atoms with Crippen molar-refractivity contribution in [3.05, 3.63) is 23.8 Å². The number of rotatable bonds is 5. The molecule has 0 aromatic carbocycles. The third kappa shape index (κ3) is 4.64. The molecule has 1 unspecified atom stereocenters. The van der Waals surface area contributed by atoms with E-state index in [0.717, 1.165) is 0 Å². The van der Waals surface area contributed by atoms with Crippen molar-refractivity contribution >= 4 is 5.91 Å². The summed E-state index contributed by atoms with van der Waals surface area (Å²) in [4.78, 5) is 21.5. The number of alkyl halides is 3. The maximum atomic E-state index is 13.3. The van der Waals surface area contributed by atoms with Gasteiger partial charge in [0.05, 0.1) is 11.3 Å². The van der Waals surface area contributed by atoms with E-state index in [1.807, 2.05) is 13.8 Å². The molecule has 0 spiro atoms. The second-order valence-corrected chi connectivity index (χ2v) is 6.03. The number of amides is 1. The Balaban J connectivity index is 2.07. The summed E-state index contributed by atoms with van der Waals surface area (Å²) < 4.78 is 40.0. The molecular weight excluding hydrogens is 323 g/mol. The minimum Gasteiger partial charge on any atom is -0.350 e.